The average molecular weight is 230 g/mol. The highest BCUT2D eigenvalue weighted by molar-refractivity contribution is 5.85. The van der Waals surface area contributed by atoms with Crippen molar-refractivity contribution < 1.29 is 10.2 Å². The van der Waals surface area contributed by atoms with Crippen LogP contribution in [0.3, 0.4) is 0 Å². The third-order valence-corrected chi connectivity index (χ3v) is 2.75. The van der Waals surface area contributed by atoms with Crippen LogP contribution in [0.1, 0.15) is 24.4 Å². The van der Waals surface area contributed by atoms with Crippen LogP contribution in [-0.4, -0.2) is 16.3 Å². The largest absolute Gasteiger partial charge is 0.508 e. The van der Waals surface area contributed by atoms with E-state index in [9.17, 15) is 5.11 Å². The third kappa shape index (κ3) is 2.84. The Balaban J connectivity index is 0.00000112. The van der Waals surface area contributed by atoms with Crippen LogP contribution in [0.2, 0.25) is 0 Å². The van der Waals surface area contributed by atoms with E-state index in [4.69, 9.17) is 10.8 Å². The summed E-state index contributed by atoms with van der Waals surface area (Å²) in [4.78, 5) is 0. The zero-order chi connectivity index (χ0) is 10.1. The quantitative estimate of drug-likeness (QED) is 0.738. The number of hydrogen-bond donors (Lipinski definition) is 3. The molecule has 2 atom stereocenters. The lowest BCUT2D eigenvalue weighted by Crippen LogP contribution is -2.27. The molecule has 15 heavy (non-hydrogen) atoms. The summed E-state index contributed by atoms with van der Waals surface area (Å²) in [6, 6.07) is 6.36. The Morgan fingerprint density at radius 3 is 2.20 bits per heavy atom. The molecule has 4 N–H and O–H groups in total. The minimum absolute atomic E-state index is 0. The molecule has 1 aromatic rings. The molecule has 0 aliphatic heterocycles. The van der Waals surface area contributed by atoms with E-state index >= 15 is 0 Å². The van der Waals surface area contributed by atoms with Gasteiger partial charge in [-0.1, -0.05) is 12.1 Å². The molecule has 0 amide bonds. The molecular weight excluding hydrogens is 214 g/mol. The highest BCUT2D eigenvalue weighted by atomic mass is 35.5. The minimum Gasteiger partial charge on any atom is -0.508 e. The molecular formula is C11H16ClNO2. The van der Waals surface area contributed by atoms with Crippen molar-refractivity contribution in [2.45, 2.75) is 25.0 Å². The second-order valence-electron chi connectivity index (χ2n) is 3.95. The van der Waals surface area contributed by atoms with Crippen molar-refractivity contribution in [2.24, 2.45) is 11.7 Å². The lowest BCUT2D eigenvalue weighted by atomic mass is 9.99. The fraction of sp³-hybridized carbons (Fsp3) is 0.455. The van der Waals surface area contributed by atoms with Gasteiger partial charge in [-0.3, -0.25) is 0 Å². The number of nitrogens with two attached hydrogens (primary N) is 1. The Bertz CT molecular complexity index is 311. The second kappa shape index (κ2) is 4.84. The highest BCUT2D eigenvalue weighted by Crippen LogP contribution is 2.37. The number of aliphatic hydroxyl groups excluding tert-OH is 1. The van der Waals surface area contributed by atoms with Gasteiger partial charge in [-0.05, 0) is 36.5 Å². The van der Waals surface area contributed by atoms with Crippen molar-refractivity contribution in [1.29, 1.82) is 0 Å². The summed E-state index contributed by atoms with van der Waals surface area (Å²) in [5.74, 6) is 0.598. The lowest BCUT2D eigenvalue weighted by Gasteiger charge is -2.18. The van der Waals surface area contributed by atoms with E-state index in [0.717, 1.165) is 18.4 Å². The first-order valence-corrected chi connectivity index (χ1v) is 4.91. The molecule has 0 heterocycles. The van der Waals surface area contributed by atoms with Crippen molar-refractivity contribution >= 4 is 12.4 Å². The molecule has 0 aromatic heterocycles. The van der Waals surface area contributed by atoms with Crippen molar-refractivity contribution in [3.63, 3.8) is 0 Å². The zero-order valence-corrected chi connectivity index (χ0v) is 9.15. The molecule has 1 fully saturated rings. The van der Waals surface area contributed by atoms with E-state index < -0.39 is 6.10 Å². The normalized spacial score (nSPS) is 19.1. The topological polar surface area (TPSA) is 66.5 Å². The van der Waals surface area contributed by atoms with E-state index in [1.54, 1.807) is 24.3 Å². The van der Waals surface area contributed by atoms with Crippen LogP contribution in [0.4, 0.5) is 0 Å². The van der Waals surface area contributed by atoms with Crippen LogP contribution in [0.15, 0.2) is 24.3 Å². The summed E-state index contributed by atoms with van der Waals surface area (Å²) in [7, 11) is 0. The van der Waals surface area contributed by atoms with Crippen LogP contribution >= 0.6 is 12.4 Å². The number of rotatable bonds is 3. The first-order chi connectivity index (χ1) is 6.68. The predicted octanol–water partition coefficient (Wildman–Crippen LogP) is 1.58. The standard InChI is InChI=1S/C11H15NO2.ClH/c12-10(11(14)8-1-2-8)7-3-5-9(13)6-4-7;/h3-6,8,10-11,13-14H,1-2,12H2;1H/t10-,11+;/m0./s1. The first kappa shape index (κ1) is 12.3. The van der Waals surface area contributed by atoms with E-state index in [1.165, 1.54) is 0 Å². The van der Waals surface area contributed by atoms with Crippen molar-refractivity contribution in [3.05, 3.63) is 29.8 Å². The van der Waals surface area contributed by atoms with Gasteiger partial charge in [0.2, 0.25) is 0 Å². The molecule has 2 rings (SSSR count). The second-order valence-corrected chi connectivity index (χ2v) is 3.95. The van der Waals surface area contributed by atoms with Crippen molar-refractivity contribution in [2.75, 3.05) is 0 Å². The van der Waals surface area contributed by atoms with Gasteiger partial charge in [0.1, 0.15) is 5.75 Å². The van der Waals surface area contributed by atoms with Crippen LogP contribution in [-0.2, 0) is 0 Å². The maximum atomic E-state index is 9.79. The van der Waals surface area contributed by atoms with Crippen LogP contribution in [0.5, 0.6) is 5.75 Å². The summed E-state index contributed by atoms with van der Waals surface area (Å²) < 4.78 is 0. The summed E-state index contributed by atoms with van der Waals surface area (Å²) in [5, 5.41) is 18.9. The Labute approximate surface area is 95.3 Å². The van der Waals surface area contributed by atoms with Crippen molar-refractivity contribution in [3.8, 4) is 5.75 Å². The predicted molar refractivity (Wildman–Crippen MR) is 61.0 cm³/mol. The van der Waals surface area contributed by atoms with Gasteiger partial charge in [-0.2, -0.15) is 0 Å². The molecule has 0 bridgehead atoms. The number of aromatic hydroxyl groups is 1. The number of hydrogen-bond acceptors (Lipinski definition) is 3. The van der Waals surface area contributed by atoms with Crippen LogP contribution in [0.25, 0.3) is 0 Å². The number of phenolic OH excluding ortho intramolecular Hbond substituents is 1. The highest BCUT2D eigenvalue weighted by Gasteiger charge is 2.34. The van der Waals surface area contributed by atoms with Crippen molar-refractivity contribution in [1.82, 2.24) is 0 Å². The van der Waals surface area contributed by atoms with Gasteiger partial charge in [-0.15, -0.1) is 12.4 Å². The van der Waals surface area contributed by atoms with E-state index in [0.29, 0.717) is 5.92 Å². The first-order valence-electron chi connectivity index (χ1n) is 4.91. The molecule has 84 valence electrons. The Kier molecular flexibility index (Phi) is 3.97. The molecule has 0 saturated heterocycles. The third-order valence-electron chi connectivity index (χ3n) is 2.75. The summed E-state index contributed by atoms with van der Waals surface area (Å²) in [5.41, 5.74) is 6.77. The average Bonchev–Trinajstić information content (AvgIpc) is 3.00. The summed E-state index contributed by atoms with van der Waals surface area (Å²) in [6.07, 6.45) is 1.71. The number of benzene rings is 1. The molecule has 0 radical (unpaired) electrons. The minimum atomic E-state index is -0.445. The monoisotopic (exact) mass is 229 g/mol. The maximum Gasteiger partial charge on any atom is 0.115 e. The van der Waals surface area contributed by atoms with Gasteiger partial charge in [0.25, 0.3) is 0 Å². The Morgan fingerprint density at radius 1 is 1.20 bits per heavy atom. The van der Waals surface area contributed by atoms with Gasteiger partial charge in [-0.25, -0.2) is 0 Å². The van der Waals surface area contributed by atoms with Gasteiger partial charge in [0.15, 0.2) is 0 Å². The van der Waals surface area contributed by atoms with E-state index in [2.05, 4.69) is 0 Å². The van der Waals surface area contributed by atoms with Crippen LogP contribution < -0.4 is 5.73 Å². The number of aliphatic hydroxyl groups is 1. The van der Waals surface area contributed by atoms with E-state index in [-0.39, 0.29) is 24.2 Å². The molecule has 3 nitrogen and oxygen atoms in total. The molecule has 4 heteroatoms. The van der Waals surface area contributed by atoms with E-state index in [1.807, 2.05) is 0 Å². The fourth-order valence-corrected chi connectivity index (χ4v) is 1.62. The number of phenols is 1. The zero-order valence-electron chi connectivity index (χ0n) is 8.34. The van der Waals surface area contributed by atoms with Gasteiger partial charge >= 0.3 is 0 Å². The lowest BCUT2D eigenvalue weighted by molar-refractivity contribution is 0.122. The maximum absolute atomic E-state index is 9.79. The molecule has 1 saturated carbocycles. The fourth-order valence-electron chi connectivity index (χ4n) is 1.62. The molecule has 1 aliphatic rings. The summed E-state index contributed by atoms with van der Waals surface area (Å²) in [6.45, 7) is 0. The molecule has 0 spiro atoms. The van der Waals surface area contributed by atoms with Gasteiger partial charge in [0, 0.05) is 0 Å². The molecule has 1 aliphatic carbocycles. The molecule has 1 aromatic carbocycles. The van der Waals surface area contributed by atoms with Gasteiger partial charge < -0.3 is 15.9 Å². The number of halogens is 1. The Hall–Kier alpha value is -0.770. The summed E-state index contributed by atoms with van der Waals surface area (Å²) >= 11 is 0. The van der Waals surface area contributed by atoms with Gasteiger partial charge in [0.05, 0.1) is 12.1 Å². The molecule has 0 unspecified atom stereocenters. The SMILES string of the molecule is Cl.N[C@@H](c1ccc(O)cc1)[C@H](O)C1CC1. The van der Waals surface area contributed by atoms with Crippen LogP contribution in [0, 0.1) is 5.92 Å². The smallest absolute Gasteiger partial charge is 0.115 e. The Morgan fingerprint density at radius 2 is 1.73 bits per heavy atom.